The van der Waals surface area contributed by atoms with Crippen molar-refractivity contribution >= 4 is 15.7 Å². The number of para-hydroxylation sites is 1. The lowest BCUT2D eigenvalue weighted by Crippen LogP contribution is -2.49. The number of anilines is 1. The molecule has 2 aliphatic rings. The van der Waals surface area contributed by atoms with Gasteiger partial charge >= 0.3 is 5.56 Å². The fourth-order valence-electron chi connectivity index (χ4n) is 4.68. The second-order valence-corrected chi connectivity index (χ2v) is 10.9. The molecule has 0 bridgehead atoms. The van der Waals surface area contributed by atoms with Gasteiger partial charge in [0.25, 0.3) is 0 Å². The van der Waals surface area contributed by atoms with E-state index in [2.05, 4.69) is 10.1 Å². The van der Waals surface area contributed by atoms with Gasteiger partial charge in [0.1, 0.15) is 5.69 Å². The Hall–Kier alpha value is -3.24. The zero-order chi connectivity index (χ0) is 24.3. The molecule has 1 aliphatic carbocycles. The van der Waals surface area contributed by atoms with Gasteiger partial charge in [-0.25, -0.2) is 8.42 Å². The van der Waals surface area contributed by atoms with Crippen molar-refractivity contribution in [2.75, 3.05) is 31.1 Å². The first kappa shape index (κ1) is 23.5. The van der Waals surface area contributed by atoms with E-state index in [1.54, 1.807) is 30.7 Å². The summed E-state index contributed by atoms with van der Waals surface area (Å²) in [6.07, 6.45) is 8.90. The van der Waals surface area contributed by atoms with Gasteiger partial charge in [0.05, 0.1) is 23.7 Å². The molecule has 1 aromatic carbocycles. The molecular weight excluding hydrogens is 466 g/mol. The molecule has 10 heteroatoms. The lowest BCUT2D eigenvalue weighted by atomic mass is 10.2. The van der Waals surface area contributed by atoms with Gasteiger partial charge in [-0.2, -0.15) is 14.1 Å². The van der Waals surface area contributed by atoms with E-state index in [-0.39, 0.29) is 17.4 Å². The fraction of sp³-hybridized carbons (Fsp3) is 0.400. The largest absolute Gasteiger partial charge is 0.483 e. The first-order valence-electron chi connectivity index (χ1n) is 12.0. The maximum Gasteiger partial charge on any atom is 0.316 e. The summed E-state index contributed by atoms with van der Waals surface area (Å²) in [5.74, 6) is 0.216. The highest BCUT2D eigenvalue weighted by Gasteiger charge is 2.30. The Balaban J connectivity index is 1.37. The smallest absolute Gasteiger partial charge is 0.316 e. The molecule has 0 spiro atoms. The lowest BCUT2D eigenvalue weighted by Gasteiger charge is -2.36. The first-order valence-corrected chi connectivity index (χ1v) is 13.6. The van der Waals surface area contributed by atoms with Crippen LogP contribution in [0.3, 0.4) is 0 Å². The average Bonchev–Trinajstić information content (AvgIpc) is 3.39. The second kappa shape index (κ2) is 10.2. The topological polar surface area (TPSA) is 97.6 Å². The van der Waals surface area contributed by atoms with Crippen LogP contribution in [0, 0.1) is 0 Å². The first-order chi connectivity index (χ1) is 17.0. The van der Waals surface area contributed by atoms with Gasteiger partial charge in [-0.3, -0.25) is 9.78 Å². The molecule has 1 saturated carbocycles. The van der Waals surface area contributed by atoms with E-state index >= 15 is 0 Å². The molecule has 184 valence electrons. The Labute approximate surface area is 205 Å². The maximum absolute atomic E-state index is 13.5. The van der Waals surface area contributed by atoms with Crippen LogP contribution in [-0.2, 0) is 15.8 Å². The maximum atomic E-state index is 13.5. The minimum absolute atomic E-state index is 0.00854. The van der Waals surface area contributed by atoms with Crippen molar-refractivity contribution in [3.05, 3.63) is 77.0 Å². The third kappa shape index (κ3) is 5.23. The molecule has 1 aliphatic heterocycles. The Morgan fingerprint density at radius 1 is 0.943 bits per heavy atom. The average molecular weight is 496 g/mol. The number of aromatic nitrogens is 3. The molecule has 0 N–H and O–H groups in total. The number of pyridine rings is 1. The minimum atomic E-state index is -3.47. The van der Waals surface area contributed by atoms with E-state index in [0.717, 1.165) is 25.7 Å². The fourth-order valence-corrected chi connectivity index (χ4v) is 6.18. The van der Waals surface area contributed by atoms with Gasteiger partial charge in [0, 0.05) is 38.6 Å². The van der Waals surface area contributed by atoms with Crippen molar-refractivity contribution < 1.29 is 13.2 Å². The number of hydrogen-bond acceptors (Lipinski definition) is 7. The summed E-state index contributed by atoms with van der Waals surface area (Å²) in [5.41, 5.74) is 1.66. The number of piperazine rings is 1. The number of sulfonamides is 1. The minimum Gasteiger partial charge on any atom is -0.483 e. The summed E-state index contributed by atoms with van der Waals surface area (Å²) in [6.45, 7) is 1.55. The van der Waals surface area contributed by atoms with Crippen molar-refractivity contribution in [1.82, 2.24) is 19.1 Å². The highest BCUT2D eigenvalue weighted by atomic mass is 32.2. The number of rotatable bonds is 7. The predicted molar refractivity (Wildman–Crippen MR) is 133 cm³/mol. The SMILES string of the molecule is O=c1c(OC2CCCC2)c(N2CCN(S(=O)(=O)Cc3cccnc3)CC2)cnn1-c1ccccc1. The van der Waals surface area contributed by atoms with Crippen LogP contribution in [0.4, 0.5) is 5.69 Å². The van der Waals surface area contributed by atoms with Crippen molar-refractivity contribution in [1.29, 1.82) is 0 Å². The Morgan fingerprint density at radius 3 is 2.37 bits per heavy atom. The van der Waals surface area contributed by atoms with Gasteiger partial charge in [0.15, 0.2) is 0 Å². The molecule has 2 fully saturated rings. The van der Waals surface area contributed by atoms with Crippen LogP contribution in [0.1, 0.15) is 31.2 Å². The third-order valence-corrected chi connectivity index (χ3v) is 8.40. The summed E-state index contributed by atoms with van der Waals surface area (Å²) in [6, 6.07) is 12.8. The summed E-state index contributed by atoms with van der Waals surface area (Å²) < 4.78 is 35.0. The molecule has 0 unspecified atom stereocenters. The summed E-state index contributed by atoms with van der Waals surface area (Å²) in [4.78, 5) is 19.5. The van der Waals surface area contributed by atoms with E-state index in [0.29, 0.717) is 48.9 Å². The van der Waals surface area contributed by atoms with Crippen LogP contribution in [0.25, 0.3) is 5.69 Å². The van der Waals surface area contributed by atoms with Crippen LogP contribution in [0.2, 0.25) is 0 Å². The van der Waals surface area contributed by atoms with Crippen LogP contribution >= 0.6 is 0 Å². The Kier molecular flexibility index (Phi) is 6.83. The number of benzene rings is 1. The van der Waals surface area contributed by atoms with Gasteiger partial charge in [-0.05, 0) is 49.4 Å². The molecular formula is C25H29N5O4S. The predicted octanol–water partition coefficient (Wildman–Crippen LogP) is 2.60. The number of nitrogens with zero attached hydrogens (tertiary/aromatic N) is 5. The van der Waals surface area contributed by atoms with E-state index in [9.17, 15) is 13.2 Å². The summed E-state index contributed by atoms with van der Waals surface area (Å²) in [5, 5.41) is 4.43. The molecule has 35 heavy (non-hydrogen) atoms. The molecule has 2 aromatic heterocycles. The number of hydrogen-bond donors (Lipinski definition) is 0. The summed E-state index contributed by atoms with van der Waals surface area (Å²) in [7, 11) is -3.47. The van der Waals surface area contributed by atoms with Crippen molar-refractivity contribution in [3.63, 3.8) is 0 Å². The molecule has 5 rings (SSSR count). The van der Waals surface area contributed by atoms with Crippen LogP contribution < -0.4 is 15.2 Å². The van der Waals surface area contributed by atoms with Crippen molar-refractivity contribution in [2.45, 2.75) is 37.5 Å². The normalized spacial score (nSPS) is 17.5. The van der Waals surface area contributed by atoms with Gasteiger partial charge < -0.3 is 9.64 Å². The van der Waals surface area contributed by atoms with Crippen LogP contribution in [0.5, 0.6) is 5.75 Å². The molecule has 1 saturated heterocycles. The lowest BCUT2D eigenvalue weighted by molar-refractivity contribution is 0.205. The third-order valence-electron chi connectivity index (χ3n) is 6.55. The van der Waals surface area contributed by atoms with E-state index < -0.39 is 10.0 Å². The zero-order valence-corrected chi connectivity index (χ0v) is 20.3. The molecule has 0 amide bonds. The van der Waals surface area contributed by atoms with Crippen molar-refractivity contribution in [3.8, 4) is 11.4 Å². The summed E-state index contributed by atoms with van der Waals surface area (Å²) >= 11 is 0. The molecule has 3 aromatic rings. The van der Waals surface area contributed by atoms with Crippen LogP contribution in [0.15, 0.2) is 65.8 Å². The Morgan fingerprint density at radius 2 is 1.69 bits per heavy atom. The Bertz CT molecular complexity index is 1300. The standard InChI is InChI=1S/C25H29N5O4S/c31-25-24(34-22-10-4-5-11-22)23(18-27-30(25)21-8-2-1-3-9-21)28-13-15-29(16-14-28)35(32,33)19-20-7-6-12-26-17-20/h1-3,6-9,12,17-18,22H,4-5,10-11,13-16,19H2. The van der Waals surface area contributed by atoms with E-state index in [4.69, 9.17) is 4.74 Å². The quantitative estimate of drug-likeness (QED) is 0.497. The molecule has 0 atom stereocenters. The monoisotopic (exact) mass is 495 g/mol. The van der Waals surface area contributed by atoms with E-state index in [1.165, 1.54) is 8.99 Å². The molecule has 0 radical (unpaired) electrons. The van der Waals surface area contributed by atoms with E-state index in [1.807, 2.05) is 35.2 Å². The second-order valence-electron chi connectivity index (χ2n) is 8.94. The zero-order valence-electron chi connectivity index (χ0n) is 19.5. The highest BCUT2D eigenvalue weighted by molar-refractivity contribution is 7.88. The van der Waals surface area contributed by atoms with Gasteiger partial charge in [-0.15, -0.1) is 0 Å². The molecule has 3 heterocycles. The van der Waals surface area contributed by atoms with Crippen LogP contribution in [-0.4, -0.2) is 59.8 Å². The molecule has 9 nitrogen and oxygen atoms in total. The highest BCUT2D eigenvalue weighted by Crippen LogP contribution is 2.30. The van der Waals surface area contributed by atoms with Gasteiger partial charge in [0.2, 0.25) is 15.8 Å². The number of ether oxygens (including phenoxy) is 1. The van der Waals surface area contributed by atoms with Gasteiger partial charge in [-0.1, -0.05) is 24.3 Å². The van der Waals surface area contributed by atoms with Crippen molar-refractivity contribution in [2.24, 2.45) is 0 Å².